The Morgan fingerprint density at radius 2 is 1.95 bits per heavy atom. The Morgan fingerprint density at radius 3 is 2.60 bits per heavy atom. The van der Waals surface area contributed by atoms with Crippen molar-refractivity contribution >= 4 is 5.84 Å². The molecule has 0 aliphatic heterocycles. The van der Waals surface area contributed by atoms with Gasteiger partial charge in [-0.1, -0.05) is 11.2 Å². The van der Waals surface area contributed by atoms with E-state index in [1.54, 1.807) is 12.3 Å². The molecule has 0 unspecified atom stereocenters. The first-order chi connectivity index (χ1) is 9.58. The lowest BCUT2D eigenvalue weighted by atomic mass is 10.1. The van der Waals surface area contributed by atoms with E-state index >= 15 is 0 Å². The summed E-state index contributed by atoms with van der Waals surface area (Å²) < 4.78 is 5.75. The molecule has 2 rings (SSSR count). The van der Waals surface area contributed by atoms with Crippen LogP contribution in [-0.4, -0.2) is 16.0 Å². The summed E-state index contributed by atoms with van der Waals surface area (Å²) in [4.78, 5) is 4.02. The van der Waals surface area contributed by atoms with Gasteiger partial charge in [0.1, 0.15) is 18.1 Å². The van der Waals surface area contributed by atoms with Gasteiger partial charge in [0.05, 0.1) is 0 Å². The SMILES string of the molecule is Cc1cc(C)cc(OCc2ccnc(C(N)=NO)c2)c1. The summed E-state index contributed by atoms with van der Waals surface area (Å²) in [6.45, 7) is 4.46. The normalized spacial score (nSPS) is 11.4. The lowest BCUT2D eigenvalue weighted by Gasteiger charge is -2.09. The first-order valence-electron chi connectivity index (χ1n) is 6.22. The number of nitrogens with zero attached hydrogens (tertiary/aromatic N) is 2. The van der Waals surface area contributed by atoms with E-state index < -0.39 is 0 Å². The Hall–Kier alpha value is -2.56. The number of oxime groups is 1. The Morgan fingerprint density at radius 1 is 1.25 bits per heavy atom. The number of aromatic nitrogens is 1. The van der Waals surface area contributed by atoms with Crippen LogP contribution >= 0.6 is 0 Å². The van der Waals surface area contributed by atoms with Crippen molar-refractivity contribution in [1.29, 1.82) is 0 Å². The van der Waals surface area contributed by atoms with Gasteiger partial charge in [0.15, 0.2) is 5.84 Å². The second-order valence-electron chi connectivity index (χ2n) is 4.65. The molecule has 0 saturated heterocycles. The predicted octanol–water partition coefficient (Wildman–Crippen LogP) is 2.37. The highest BCUT2D eigenvalue weighted by Gasteiger charge is 2.03. The van der Waals surface area contributed by atoms with E-state index in [0.29, 0.717) is 12.3 Å². The maximum atomic E-state index is 8.64. The third kappa shape index (κ3) is 3.47. The average Bonchev–Trinajstić information content (AvgIpc) is 2.43. The number of ether oxygens (including phenoxy) is 1. The third-order valence-electron chi connectivity index (χ3n) is 2.80. The third-order valence-corrected chi connectivity index (χ3v) is 2.80. The highest BCUT2D eigenvalue weighted by molar-refractivity contribution is 5.95. The fourth-order valence-electron chi connectivity index (χ4n) is 1.94. The monoisotopic (exact) mass is 271 g/mol. The molecule has 0 amide bonds. The van der Waals surface area contributed by atoms with Gasteiger partial charge in [-0.25, -0.2) is 0 Å². The number of rotatable bonds is 4. The van der Waals surface area contributed by atoms with E-state index in [2.05, 4.69) is 16.2 Å². The summed E-state index contributed by atoms with van der Waals surface area (Å²) in [5.74, 6) is 0.808. The molecule has 104 valence electrons. The number of aryl methyl sites for hydroxylation is 2. The van der Waals surface area contributed by atoms with Gasteiger partial charge in [0.25, 0.3) is 0 Å². The number of nitrogens with two attached hydrogens (primary N) is 1. The van der Waals surface area contributed by atoms with Gasteiger partial charge in [0, 0.05) is 6.20 Å². The van der Waals surface area contributed by atoms with Crippen molar-refractivity contribution in [3.8, 4) is 5.75 Å². The quantitative estimate of drug-likeness (QED) is 0.387. The van der Waals surface area contributed by atoms with E-state index in [0.717, 1.165) is 22.4 Å². The van der Waals surface area contributed by atoms with E-state index in [1.165, 1.54) is 0 Å². The molecule has 1 heterocycles. The van der Waals surface area contributed by atoms with Crippen LogP contribution in [-0.2, 0) is 6.61 Å². The summed E-state index contributed by atoms with van der Waals surface area (Å²) in [6.07, 6.45) is 1.60. The van der Waals surface area contributed by atoms with Crippen LogP contribution in [0, 0.1) is 13.8 Å². The van der Waals surface area contributed by atoms with Crippen LogP contribution in [0.3, 0.4) is 0 Å². The Balaban J connectivity index is 2.11. The molecule has 0 bridgehead atoms. The largest absolute Gasteiger partial charge is 0.489 e. The Bertz CT molecular complexity index is 619. The number of amidine groups is 1. The number of pyridine rings is 1. The zero-order chi connectivity index (χ0) is 14.5. The van der Waals surface area contributed by atoms with Crippen molar-refractivity contribution in [2.45, 2.75) is 20.5 Å². The molecular formula is C15H17N3O2. The second-order valence-corrected chi connectivity index (χ2v) is 4.65. The highest BCUT2D eigenvalue weighted by Crippen LogP contribution is 2.17. The molecule has 1 aromatic heterocycles. The molecule has 0 spiro atoms. The van der Waals surface area contributed by atoms with Gasteiger partial charge < -0.3 is 15.7 Å². The number of benzene rings is 1. The smallest absolute Gasteiger partial charge is 0.188 e. The maximum Gasteiger partial charge on any atom is 0.188 e. The van der Waals surface area contributed by atoms with Crippen LogP contribution in [0.1, 0.15) is 22.4 Å². The van der Waals surface area contributed by atoms with E-state index in [4.69, 9.17) is 15.7 Å². The van der Waals surface area contributed by atoms with Crippen LogP contribution in [0.5, 0.6) is 5.75 Å². The number of hydrogen-bond acceptors (Lipinski definition) is 4. The van der Waals surface area contributed by atoms with Crippen molar-refractivity contribution < 1.29 is 9.94 Å². The molecule has 0 aliphatic carbocycles. The summed E-state index contributed by atoms with van der Waals surface area (Å²) in [7, 11) is 0. The molecule has 0 atom stereocenters. The first kappa shape index (κ1) is 13.9. The maximum absolute atomic E-state index is 8.64. The summed E-state index contributed by atoms with van der Waals surface area (Å²) in [5, 5.41) is 11.6. The average molecular weight is 271 g/mol. The predicted molar refractivity (Wildman–Crippen MR) is 77.0 cm³/mol. The lowest BCUT2D eigenvalue weighted by Crippen LogP contribution is -2.15. The molecule has 3 N–H and O–H groups in total. The van der Waals surface area contributed by atoms with Crippen molar-refractivity contribution in [3.63, 3.8) is 0 Å². The van der Waals surface area contributed by atoms with Crippen LogP contribution < -0.4 is 10.5 Å². The Kier molecular flexibility index (Phi) is 4.20. The minimum Gasteiger partial charge on any atom is -0.489 e. The van der Waals surface area contributed by atoms with Crippen molar-refractivity contribution in [2.24, 2.45) is 10.9 Å². The molecule has 2 aromatic rings. The zero-order valence-electron chi connectivity index (χ0n) is 11.5. The lowest BCUT2D eigenvalue weighted by molar-refractivity contribution is 0.305. The summed E-state index contributed by atoms with van der Waals surface area (Å²) in [5.41, 5.74) is 9.15. The molecule has 0 radical (unpaired) electrons. The van der Waals surface area contributed by atoms with Gasteiger partial charge in [0.2, 0.25) is 0 Å². The minimum atomic E-state index is -0.0155. The van der Waals surface area contributed by atoms with Gasteiger partial charge in [-0.3, -0.25) is 4.98 Å². The molecule has 1 aromatic carbocycles. The molecule has 0 saturated carbocycles. The first-order valence-corrected chi connectivity index (χ1v) is 6.22. The standard InChI is InChI=1S/C15H17N3O2/c1-10-5-11(2)7-13(6-10)20-9-12-3-4-17-14(8-12)15(16)18-19/h3-8,19H,9H2,1-2H3,(H2,16,18). The van der Waals surface area contributed by atoms with Crippen LogP contribution in [0.4, 0.5) is 0 Å². The van der Waals surface area contributed by atoms with Crippen LogP contribution in [0.25, 0.3) is 0 Å². The molecule has 0 fully saturated rings. The molecular weight excluding hydrogens is 254 g/mol. The second kappa shape index (κ2) is 6.06. The molecule has 0 aliphatic rings. The van der Waals surface area contributed by atoms with Crippen molar-refractivity contribution in [2.75, 3.05) is 0 Å². The van der Waals surface area contributed by atoms with Crippen molar-refractivity contribution in [1.82, 2.24) is 4.98 Å². The van der Waals surface area contributed by atoms with E-state index in [1.807, 2.05) is 32.0 Å². The van der Waals surface area contributed by atoms with Crippen molar-refractivity contribution in [3.05, 3.63) is 58.9 Å². The molecule has 5 nitrogen and oxygen atoms in total. The zero-order valence-corrected chi connectivity index (χ0v) is 11.5. The van der Waals surface area contributed by atoms with Gasteiger partial charge in [-0.2, -0.15) is 0 Å². The topological polar surface area (TPSA) is 80.7 Å². The highest BCUT2D eigenvalue weighted by atomic mass is 16.5. The van der Waals surface area contributed by atoms with Gasteiger partial charge in [-0.05, 0) is 54.8 Å². The molecule has 20 heavy (non-hydrogen) atoms. The summed E-state index contributed by atoms with van der Waals surface area (Å²) in [6, 6.07) is 9.63. The van der Waals surface area contributed by atoms with E-state index in [9.17, 15) is 0 Å². The van der Waals surface area contributed by atoms with Gasteiger partial charge >= 0.3 is 0 Å². The Labute approximate surface area is 117 Å². The number of hydrogen-bond donors (Lipinski definition) is 2. The van der Waals surface area contributed by atoms with Gasteiger partial charge in [-0.15, -0.1) is 0 Å². The van der Waals surface area contributed by atoms with E-state index in [-0.39, 0.29) is 5.84 Å². The summed E-state index contributed by atoms with van der Waals surface area (Å²) >= 11 is 0. The van der Waals surface area contributed by atoms with Crippen LogP contribution in [0.15, 0.2) is 41.7 Å². The minimum absolute atomic E-state index is 0.0155. The van der Waals surface area contributed by atoms with Crippen LogP contribution in [0.2, 0.25) is 0 Å². The molecule has 5 heteroatoms. The fraction of sp³-hybridized carbons (Fsp3) is 0.200. The fourth-order valence-corrected chi connectivity index (χ4v) is 1.94.